The van der Waals surface area contributed by atoms with Crippen molar-refractivity contribution in [3.05, 3.63) is 29.6 Å². The molecule has 0 aliphatic heterocycles. The van der Waals surface area contributed by atoms with Gasteiger partial charge in [0.05, 0.1) is 5.52 Å². The van der Waals surface area contributed by atoms with Crippen LogP contribution >= 0.6 is 0 Å². The van der Waals surface area contributed by atoms with Gasteiger partial charge in [-0.15, -0.1) is 0 Å². The normalized spacial score (nSPS) is 10.9. The number of Topliss-reactive ketones (excluding diaryl/α,β-unsaturated/α-hetero) is 1. The Labute approximate surface area is 84.3 Å². The fourth-order valence-corrected chi connectivity index (χ4v) is 1.58. The molecule has 0 fully saturated rings. The van der Waals surface area contributed by atoms with E-state index in [1.165, 1.54) is 18.5 Å². The lowest BCUT2D eigenvalue weighted by atomic mass is 10.3. The van der Waals surface area contributed by atoms with E-state index < -0.39 is 11.6 Å². The average Bonchev–Trinajstić information content (AvgIpc) is 2.42. The van der Waals surface area contributed by atoms with Crippen molar-refractivity contribution in [2.24, 2.45) is 7.05 Å². The predicted molar refractivity (Wildman–Crippen MR) is 50.6 cm³/mol. The maximum atomic E-state index is 13.4. The smallest absolute Gasteiger partial charge is 0.195 e. The summed E-state index contributed by atoms with van der Waals surface area (Å²) in [5.74, 6) is -1.58. The topological polar surface area (TPSA) is 34.9 Å². The number of aromatic nitrogens is 2. The molecule has 0 amide bonds. The Kier molecular flexibility index (Phi) is 2.03. The maximum absolute atomic E-state index is 13.4. The monoisotopic (exact) mass is 210 g/mol. The Morgan fingerprint density at radius 2 is 2.07 bits per heavy atom. The standard InChI is InChI=1S/C10H8F2N2O/c1-5(15)10-13-8-4-6(11)3-7(12)9(8)14(10)2/h3-4H,1-2H3. The van der Waals surface area contributed by atoms with E-state index in [2.05, 4.69) is 4.98 Å². The lowest BCUT2D eigenvalue weighted by Gasteiger charge is -1.98. The Hall–Kier alpha value is -1.78. The van der Waals surface area contributed by atoms with Crippen molar-refractivity contribution in [2.45, 2.75) is 6.92 Å². The quantitative estimate of drug-likeness (QED) is 0.675. The highest BCUT2D eigenvalue weighted by Crippen LogP contribution is 2.20. The van der Waals surface area contributed by atoms with E-state index in [0.29, 0.717) is 0 Å². The fraction of sp³-hybridized carbons (Fsp3) is 0.200. The number of carbonyl (C=O) groups excluding carboxylic acids is 1. The number of nitrogens with zero attached hydrogens (tertiary/aromatic N) is 2. The summed E-state index contributed by atoms with van der Waals surface area (Å²) in [6.45, 7) is 1.33. The van der Waals surface area contributed by atoms with E-state index in [-0.39, 0.29) is 22.6 Å². The molecule has 1 heterocycles. The molecule has 0 aliphatic rings. The third-order valence-electron chi connectivity index (χ3n) is 2.20. The van der Waals surface area contributed by atoms with Gasteiger partial charge in [0.2, 0.25) is 0 Å². The van der Waals surface area contributed by atoms with Gasteiger partial charge in [0.1, 0.15) is 11.3 Å². The summed E-state index contributed by atoms with van der Waals surface area (Å²) in [7, 11) is 1.52. The SMILES string of the molecule is CC(=O)c1nc2cc(F)cc(F)c2n1C. The molecule has 0 spiro atoms. The molecule has 0 bridgehead atoms. The van der Waals surface area contributed by atoms with Crippen LogP contribution in [-0.4, -0.2) is 15.3 Å². The Balaban J connectivity index is 2.88. The van der Waals surface area contributed by atoms with Gasteiger partial charge in [-0.1, -0.05) is 0 Å². The van der Waals surface area contributed by atoms with Gasteiger partial charge in [-0.2, -0.15) is 0 Å². The Bertz CT molecular complexity index is 560. The molecule has 1 aromatic carbocycles. The third kappa shape index (κ3) is 1.40. The molecular weight excluding hydrogens is 202 g/mol. The van der Waals surface area contributed by atoms with Crippen LogP contribution in [0.15, 0.2) is 12.1 Å². The second kappa shape index (κ2) is 3.12. The van der Waals surface area contributed by atoms with Crippen LogP contribution in [0.1, 0.15) is 17.5 Å². The first-order valence-electron chi connectivity index (χ1n) is 4.33. The molecule has 15 heavy (non-hydrogen) atoms. The van der Waals surface area contributed by atoms with Gasteiger partial charge in [-0.25, -0.2) is 13.8 Å². The summed E-state index contributed by atoms with van der Waals surface area (Å²) in [4.78, 5) is 15.0. The molecule has 78 valence electrons. The minimum atomic E-state index is -0.715. The lowest BCUT2D eigenvalue weighted by molar-refractivity contribution is 0.100. The number of benzene rings is 1. The zero-order valence-electron chi connectivity index (χ0n) is 8.21. The van der Waals surface area contributed by atoms with E-state index >= 15 is 0 Å². The molecule has 0 aliphatic carbocycles. The molecular formula is C10H8F2N2O. The van der Waals surface area contributed by atoms with E-state index in [1.807, 2.05) is 0 Å². The lowest BCUT2D eigenvalue weighted by Crippen LogP contribution is -2.03. The molecule has 5 heteroatoms. The van der Waals surface area contributed by atoms with Crippen molar-refractivity contribution in [1.82, 2.24) is 9.55 Å². The molecule has 3 nitrogen and oxygen atoms in total. The minimum absolute atomic E-state index is 0.120. The number of fused-ring (bicyclic) bond motifs is 1. The van der Waals surface area contributed by atoms with E-state index in [4.69, 9.17) is 0 Å². The molecule has 0 N–H and O–H groups in total. The van der Waals surface area contributed by atoms with Crippen LogP contribution in [0.25, 0.3) is 11.0 Å². The number of ketones is 1. The number of hydrogen-bond donors (Lipinski definition) is 0. The summed E-state index contributed by atoms with van der Waals surface area (Å²) in [5, 5.41) is 0. The van der Waals surface area contributed by atoms with Gasteiger partial charge in [0.25, 0.3) is 0 Å². The van der Waals surface area contributed by atoms with Crippen LogP contribution in [-0.2, 0) is 7.05 Å². The van der Waals surface area contributed by atoms with Crippen LogP contribution in [0.2, 0.25) is 0 Å². The summed E-state index contributed by atoms with van der Waals surface area (Å²) in [6.07, 6.45) is 0. The first-order chi connectivity index (χ1) is 7.00. The van der Waals surface area contributed by atoms with Crippen LogP contribution in [0.3, 0.4) is 0 Å². The first-order valence-corrected chi connectivity index (χ1v) is 4.33. The summed E-state index contributed by atoms with van der Waals surface area (Å²) in [5.41, 5.74) is 0.293. The molecule has 0 unspecified atom stereocenters. The van der Waals surface area contributed by atoms with Crippen LogP contribution < -0.4 is 0 Å². The van der Waals surface area contributed by atoms with Crippen molar-refractivity contribution in [3.63, 3.8) is 0 Å². The van der Waals surface area contributed by atoms with Gasteiger partial charge in [0, 0.05) is 26.1 Å². The van der Waals surface area contributed by atoms with E-state index in [1.54, 1.807) is 0 Å². The van der Waals surface area contributed by atoms with Crippen molar-refractivity contribution >= 4 is 16.8 Å². The number of halogens is 2. The number of imidazole rings is 1. The Morgan fingerprint density at radius 3 is 2.67 bits per heavy atom. The highest BCUT2D eigenvalue weighted by molar-refractivity contribution is 5.94. The van der Waals surface area contributed by atoms with Crippen LogP contribution in [0, 0.1) is 11.6 Å². The van der Waals surface area contributed by atoms with Crippen molar-refractivity contribution in [2.75, 3.05) is 0 Å². The van der Waals surface area contributed by atoms with Gasteiger partial charge >= 0.3 is 0 Å². The largest absolute Gasteiger partial charge is 0.322 e. The number of rotatable bonds is 1. The van der Waals surface area contributed by atoms with Gasteiger partial charge in [-0.05, 0) is 0 Å². The van der Waals surface area contributed by atoms with Crippen molar-refractivity contribution in [1.29, 1.82) is 0 Å². The van der Waals surface area contributed by atoms with Gasteiger partial charge in [0.15, 0.2) is 17.4 Å². The molecule has 0 saturated heterocycles. The summed E-state index contributed by atoms with van der Waals surface area (Å²) in [6, 6.07) is 1.87. The first kappa shape index (κ1) is 9.76. The van der Waals surface area contributed by atoms with E-state index in [0.717, 1.165) is 12.1 Å². The Morgan fingerprint density at radius 1 is 1.40 bits per heavy atom. The average molecular weight is 210 g/mol. The number of carbonyl (C=O) groups is 1. The zero-order valence-corrected chi connectivity index (χ0v) is 8.21. The minimum Gasteiger partial charge on any atom is -0.322 e. The number of hydrogen-bond acceptors (Lipinski definition) is 2. The third-order valence-corrected chi connectivity index (χ3v) is 2.20. The highest BCUT2D eigenvalue weighted by Gasteiger charge is 2.15. The molecule has 0 radical (unpaired) electrons. The zero-order chi connectivity index (χ0) is 11.2. The summed E-state index contributed by atoms with van der Waals surface area (Å²) < 4.78 is 27.6. The second-order valence-corrected chi connectivity index (χ2v) is 3.31. The fourth-order valence-electron chi connectivity index (χ4n) is 1.58. The van der Waals surface area contributed by atoms with Crippen molar-refractivity contribution in [3.8, 4) is 0 Å². The molecule has 0 saturated carbocycles. The van der Waals surface area contributed by atoms with Crippen LogP contribution in [0.5, 0.6) is 0 Å². The van der Waals surface area contributed by atoms with Crippen molar-refractivity contribution < 1.29 is 13.6 Å². The maximum Gasteiger partial charge on any atom is 0.195 e. The highest BCUT2D eigenvalue weighted by atomic mass is 19.1. The van der Waals surface area contributed by atoms with Gasteiger partial charge in [-0.3, -0.25) is 4.79 Å². The predicted octanol–water partition coefficient (Wildman–Crippen LogP) is 2.05. The summed E-state index contributed by atoms with van der Waals surface area (Å²) >= 11 is 0. The van der Waals surface area contributed by atoms with E-state index in [9.17, 15) is 13.6 Å². The second-order valence-electron chi connectivity index (χ2n) is 3.31. The number of aryl methyl sites for hydroxylation is 1. The molecule has 0 atom stereocenters. The molecule has 2 rings (SSSR count). The van der Waals surface area contributed by atoms with Gasteiger partial charge < -0.3 is 4.57 Å². The molecule has 2 aromatic rings. The molecule has 1 aromatic heterocycles. The van der Waals surface area contributed by atoms with Crippen LogP contribution in [0.4, 0.5) is 8.78 Å².